The Morgan fingerprint density at radius 2 is 0.581 bits per heavy atom. The highest BCUT2D eigenvalue weighted by molar-refractivity contribution is 5.89. The number of hydrogen-bond donors (Lipinski definition) is 0. The Balaban J connectivity index is 1.18. The normalized spacial score (nSPS) is 11.2. The Hall–Kier alpha value is -9.14. The second kappa shape index (κ2) is 19.8. The monoisotopic (exact) mass is 960 g/mol. The van der Waals surface area contributed by atoms with E-state index in [0.29, 0.717) is 35.2 Å². The van der Waals surface area contributed by atoms with E-state index in [1.165, 1.54) is 33.4 Å². The summed E-state index contributed by atoms with van der Waals surface area (Å²) in [5.41, 5.74) is 19.0. The first-order chi connectivity index (χ1) is 35.9. The van der Waals surface area contributed by atoms with Gasteiger partial charge in [0.05, 0.1) is 17.1 Å². The third-order valence-electron chi connectivity index (χ3n) is 13.6. The van der Waals surface area contributed by atoms with E-state index in [-0.39, 0.29) is 0 Å². The van der Waals surface area contributed by atoms with E-state index in [0.717, 1.165) is 78.0 Å². The number of fused-ring (bicyclic) bond motifs is 1. The van der Waals surface area contributed by atoms with Gasteiger partial charge in [-0.25, -0.2) is 14.9 Å². The first kappa shape index (κ1) is 47.2. The first-order valence-corrected chi connectivity index (χ1v) is 25.1. The Morgan fingerprint density at radius 3 is 1.04 bits per heavy atom. The van der Waals surface area contributed by atoms with Crippen molar-refractivity contribution in [1.82, 2.24) is 29.9 Å². The summed E-state index contributed by atoms with van der Waals surface area (Å²) in [7, 11) is 0. The molecule has 8 heteroatoms. The summed E-state index contributed by atoms with van der Waals surface area (Å²) in [6.45, 7) is 17.5. The summed E-state index contributed by atoms with van der Waals surface area (Å²) >= 11 is 0. The summed E-state index contributed by atoms with van der Waals surface area (Å²) in [5.74, 6) is 2.80. The molecule has 8 nitrogen and oxygen atoms in total. The molecule has 9 aromatic carbocycles. The Labute approximate surface area is 433 Å². The van der Waals surface area contributed by atoms with E-state index in [1.54, 1.807) is 0 Å². The van der Waals surface area contributed by atoms with Crippen LogP contribution < -0.4 is 9.80 Å². The molecule has 0 aliphatic carbocycles. The number of benzene rings is 9. The van der Waals surface area contributed by atoms with E-state index in [9.17, 15) is 0 Å². The van der Waals surface area contributed by atoms with Gasteiger partial charge < -0.3 is 4.90 Å². The molecule has 360 valence electrons. The molecule has 0 aliphatic rings. The topological polar surface area (TPSA) is 83.8 Å². The fourth-order valence-corrected chi connectivity index (χ4v) is 10.5. The van der Waals surface area contributed by atoms with Crippen molar-refractivity contribution in [3.05, 3.63) is 239 Å². The van der Waals surface area contributed by atoms with E-state index in [4.69, 9.17) is 29.9 Å². The molecule has 11 aromatic rings. The van der Waals surface area contributed by atoms with Crippen molar-refractivity contribution in [2.45, 2.75) is 55.4 Å². The summed E-state index contributed by atoms with van der Waals surface area (Å²) in [4.78, 5) is 36.5. The fourth-order valence-electron chi connectivity index (χ4n) is 10.5. The standard InChI is InChI=1S/C66H56N8/c1-41-34-43(3)58(44(4)35-41)73(59-45(5)36-42(2)37-46(59)6)57-38-47(7)60(48(8)39-57)74(66-70-62(53-25-16-11-17-26-53)68-64(72-66)56-33-30-50-22-18-19-27-55(50)40-56)65-69-61(52-23-14-10-15-24-52)67-63(71-65)54-31-28-51(29-32-54)49-20-12-9-13-21-49/h9-40H,1-8H3. The zero-order valence-electron chi connectivity index (χ0n) is 43.1. The average molecular weight is 961 g/mol. The van der Waals surface area contributed by atoms with Crippen molar-refractivity contribution in [1.29, 1.82) is 0 Å². The molecule has 0 spiro atoms. The molecule has 2 aromatic heterocycles. The van der Waals surface area contributed by atoms with Gasteiger partial charge in [0.2, 0.25) is 11.9 Å². The van der Waals surface area contributed by atoms with Crippen molar-refractivity contribution < 1.29 is 0 Å². The van der Waals surface area contributed by atoms with Crippen LogP contribution in [0.3, 0.4) is 0 Å². The molecule has 11 rings (SSSR count). The average Bonchev–Trinajstić information content (AvgIpc) is 3.41. The minimum atomic E-state index is 0.363. The minimum absolute atomic E-state index is 0.363. The highest BCUT2D eigenvalue weighted by atomic mass is 15.4. The van der Waals surface area contributed by atoms with Gasteiger partial charge >= 0.3 is 0 Å². The van der Waals surface area contributed by atoms with Gasteiger partial charge in [-0.2, -0.15) is 19.9 Å². The van der Waals surface area contributed by atoms with Crippen LogP contribution in [0, 0.1) is 55.4 Å². The number of rotatable bonds is 11. The molecule has 0 radical (unpaired) electrons. The maximum absolute atomic E-state index is 5.43. The predicted octanol–water partition coefficient (Wildman–Crippen LogP) is 17.0. The van der Waals surface area contributed by atoms with Gasteiger partial charge in [0.1, 0.15) is 0 Å². The van der Waals surface area contributed by atoms with Crippen molar-refractivity contribution in [3.63, 3.8) is 0 Å². The lowest BCUT2D eigenvalue weighted by atomic mass is 9.97. The third kappa shape index (κ3) is 9.30. The summed E-state index contributed by atoms with van der Waals surface area (Å²) in [6.07, 6.45) is 0. The molecule has 0 bridgehead atoms. The SMILES string of the molecule is Cc1cc(C)c(N(c2cc(C)c(N(c3nc(-c4ccccc4)nc(-c4ccc(-c5ccccc5)cc4)n3)c3nc(-c4ccccc4)nc(-c4ccc5ccccc5c4)n3)c(C)c2)c2c(C)cc(C)cc2C)c(C)c1. The van der Waals surface area contributed by atoms with Gasteiger partial charge in [-0.15, -0.1) is 0 Å². The van der Waals surface area contributed by atoms with Gasteiger partial charge in [0.25, 0.3) is 0 Å². The molecule has 2 heterocycles. The fraction of sp³-hybridized carbons (Fsp3) is 0.121. The van der Waals surface area contributed by atoms with Gasteiger partial charge in [0, 0.05) is 27.9 Å². The number of aryl methyl sites for hydroxylation is 8. The van der Waals surface area contributed by atoms with E-state index in [1.807, 2.05) is 71.6 Å². The number of aromatic nitrogens is 6. The number of hydrogen-bond acceptors (Lipinski definition) is 8. The zero-order valence-corrected chi connectivity index (χ0v) is 43.1. The molecule has 0 aliphatic heterocycles. The zero-order chi connectivity index (χ0) is 51.0. The van der Waals surface area contributed by atoms with Gasteiger partial charge in [0.15, 0.2) is 23.3 Å². The van der Waals surface area contributed by atoms with Crippen molar-refractivity contribution >= 4 is 45.4 Å². The van der Waals surface area contributed by atoms with Crippen LogP contribution in [0.1, 0.15) is 44.5 Å². The molecular formula is C66H56N8. The quantitative estimate of drug-likeness (QED) is 0.127. The van der Waals surface area contributed by atoms with Crippen LogP contribution in [0.2, 0.25) is 0 Å². The van der Waals surface area contributed by atoms with Crippen LogP contribution in [0.25, 0.3) is 67.5 Å². The lowest BCUT2D eigenvalue weighted by Crippen LogP contribution is -2.21. The Bertz CT molecular complexity index is 3750. The van der Waals surface area contributed by atoms with Crippen LogP contribution in [0.5, 0.6) is 0 Å². The lowest BCUT2D eigenvalue weighted by molar-refractivity contribution is 0.957. The highest BCUT2D eigenvalue weighted by Crippen LogP contribution is 2.46. The molecule has 0 atom stereocenters. The smallest absolute Gasteiger partial charge is 0.241 e. The van der Waals surface area contributed by atoms with Crippen molar-refractivity contribution in [3.8, 4) is 56.7 Å². The number of anilines is 6. The van der Waals surface area contributed by atoms with Gasteiger partial charge in [-0.05, 0) is 129 Å². The van der Waals surface area contributed by atoms with Crippen molar-refractivity contribution in [2.75, 3.05) is 9.80 Å². The largest absolute Gasteiger partial charge is 0.309 e. The Morgan fingerprint density at radius 1 is 0.257 bits per heavy atom. The van der Waals surface area contributed by atoms with Crippen LogP contribution in [-0.2, 0) is 0 Å². The predicted molar refractivity (Wildman–Crippen MR) is 305 cm³/mol. The molecular weight excluding hydrogens is 905 g/mol. The van der Waals surface area contributed by atoms with Crippen molar-refractivity contribution in [2.24, 2.45) is 0 Å². The highest BCUT2D eigenvalue weighted by Gasteiger charge is 2.29. The molecule has 0 fully saturated rings. The second-order valence-corrected chi connectivity index (χ2v) is 19.4. The number of nitrogens with zero attached hydrogens (tertiary/aromatic N) is 8. The first-order valence-electron chi connectivity index (χ1n) is 25.1. The molecule has 0 saturated carbocycles. The minimum Gasteiger partial charge on any atom is -0.309 e. The summed E-state index contributed by atoms with van der Waals surface area (Å²) in [5, 5.41) is 2.22. The summed E-state index contributed by atoms with van der Waals surface area (Å²) < 4.78 is 0. The molecule has 0 saturated heterocycles. The van der Waals surface area contributed by atoms with E-state index < -0.39 is 0 Å². The second-order valence-electron chi connectivity index (χ2n) is 19.4. The molecule has 0 N–H and O–H groups in total. The molecule has 0 amide bonds. The van der Waals surface area contributed by atoms with Crippen LogP contribution in [-0.4, -0.2) is 29.9 Å². The van der Waals surface area contributed by atoms with Crippen LogP contribution in [0.4, 0.5) is 34.6 Å². The lowest BCUT2D eigenvalue weighted by Gasteiger charge is -2.33. The van der Waals surface area contributed by atoms with Crippen LogP contribution >= 0.6 is 0 Å². The maximum Gasteiger partial charge on any atom is 0.241 e. The van der Waals surface area contributed by atoms with Gasteiger partial charge in [-0.1, -0.05) is 187 Å². The maximum atomic E-state index is 5.43. The Kier molecular flexibility index (Phi) is 12.6. The third-order valence-corrected chi connectivity index (χ3v) is 13.6. The summed E-state index contributed by atoms with van der Waals surface area (Å²) in [6, 6.07) is 67.3. The van der Waals surface area contributed by atoms with Gasteiger partial charge in [-0.3, -0.25) is 0 Å². The van der Waals surface area contributed by atoms with Crippen LogP contribution in [0.15, 0.2) is 194 Å². The van der Waals surface area contributed by atoms with E-state index in [2.05, 4.69) is 188 Å². The molecule has 74 heavy (non-hydrogen) atoms. The molecule has 0 unspecified atom stereocenters. The van der Waals surface area contributed by atoms with E-state index >= 15 is 0 Å².